The van der Waals surface area contributed by atoms with Crippen LogP contribution in [0.1, 0.15) is 35.5 Å². The second-order valence-corrected chi connectivity index (χ2v) is 6.91. The molecule has 0 bridgehead atoms. The van der Waals surface area contributed by atoms with Crippen molar-refractivity contribution in [1.29, 1.82) is 0 Å². The van der Waals surface area contributed by atoms with Gasteiger partial charge in [0.25, 0.3) is 5.91 Å². The summed E-state index contributed by atoms with van der Waals surface area (Å²) in [7, 11) is 0. The highest BCUT2D eigenvalue weighted by molar-refractivity contribution is 7.10. The average Bonchev–Trinajstić information content (AvgIpc) is 3.11. The minimum atomic E-state index is -0.617. The van der Waals surface area contributed by atoms with Crippen LogP contribution >= 0.6 is 11.3 Å². The van der Waals surface area contributed by atoms with E-state index in [1.807, 2.05) is 31.4 Å². The van der Waals surface area contributed by atoms with E-state index in [-0.39, 0.29) is 18.4 Å². The molecule has 0 spiro atoms. The van der Waals surface area contributed by atoms with Gasteiger partial charge in [0.15, 0.2) is 0 Å². The molecule has 0 saturated carbocycles. The van der Waals surface area contributed by atoms with Gasteiger partial charge in [0.1, 0.15) is 0 Å². The number of amides is 2. The molecular formula is C18H22N2O3S. The Balaban J connectivity index is 1.98. The minimum Gasteiger partial charge on any atom is -0.396 e. The highest BCUT2D eigenvalue weighted by Crippen LogP contribution is 2.28. The molecular weight excluding hydrogens is 324 g/mol. The van der Waals surface area contributed by atoms with Crippen molar-refractivity contribution < 1.29 is 14.7 Å². The molecule has 0 atom stereocenters. The van der Waals surface area contributed by atoms with Gasteiger partial charge in [-0.05, 0) is 56.0 Å². The van der Waals surface area contributed by atoms with E-state index in [1.54, 1.807) is 35.6 Å². The molecule has 128 valence electrons. The first kappa shape index (κ1) is 18.2. The highest BCUT2D eigenvalue weighted by atomic mass is 32.1. The lowest BCUT2D eigenvalue weighted by atomic mass is 9.90. The van der Waals surface area contributed by atoms with Crippen LogP contribution in [0, 0.1) is 0 Å². The van der Waals surface area contributed by atoms with Crippen LogP contribution < -0.4 is 10.6 Å². The molecule has 0 aliphatic heterocycles. The minimum absolute atomic E-state index is 0.0469. The van der Waals surface area contributed by atoms with Crippen molar-refractivity contribution in [3.05, 3.63) is 52.2 Å². The third-order valence-electron chi connectivity index (χ3n) is 3.73. The van der Waals surface area contributed by atoms with Crippen molar-refractivity contribution in [3.8, 4) is 0 Å². The number of benzene rings is 1. The van der Waals surface area contributed by atoms with Gasteiger partial charge in [-0.1, -0.05) is 6.07 Å². The molecule has 0 aliphatic rings. The summed E-state index contributed by atoms with van der Waals surface area (Å²) < 4.78 is 0. The molecule has 1 aromatic carbocycles. The van der Waals surface area contributed by atoms with Crippen LogP contribution in [-0.2, 0) is 10.2 Å². The molecule has 6 heteroatoms. The normalized spacial score (nSPS) is 11.1. The van der Waals surface area contributed by atoms with Crippen molar-refractivity contribution in [2.24, 2.45) is 0 Å². The number of rotatable bonds is 7. The Morgan fingerprint density at radius 2 is 1.88 bits per heavy atom. The predicted octanol–water partition coefficient (Wildman–Crippen LogP) is 2.78. The van der Waals surface area contributed by atoms with E-state index in [4.69, 9.17) is 5.11 Å². The Bertz CT molecular complexity index is 679. The van der Waals surface area contributed by atoms with Crippen LogP contribution in [-0.4, -0.2) is 30.1 Å². The molecule has 0 fully saturated rings. The predicted molar refractivity (Wildman–Crippen MR) is 96.5 cm³/mol. The first-order valence-corrected chi connectivity index (χ1v) is 8.67. The summed E-state index contributed by atoms with van der Waals surface area (Å²) in [5.41, 5.74) is 0.550. The summed E-state index contributed by atoms with van der Waals surface area (Å²) in [5, 5.41) is 16.3. The lowest BCUT2D eigenvalue weighted by molar-refractivity contribution is -0.120. The number of carbonyl (C=O) groups is 2. The Kier molecular flexibility index (Phi) is 6.11. The molecule has 0 radical (unpaired) electrons. The number of carbonyl (C=O) groups excluding carboxylic acids is 2. The monoisotopic (exact) mass is 346 g/mol. The van der Waals surface area contributed by atoms with Gasteiger partial charge in [-0.15, -0.1) is 11.3 Å². The number of anilines is 1. The summed E-state index contributed by atoms with van der Waals surface area (Å²) in [5.74, 6) is -0.287. The lowest BCUT2D eigenvalue weighted by Crippen LogP contribution is -2.34. The third kappa shape index (κ3) is 4.43. The Morgan fingerprint density at radius 1 is 1.17 bits per heavy atom. The topological polar surface area (TPSA) is 78.4 Å². The van der Waals surface area contributed by atoms with Crippen LogP contribution in [0.2, 0.25) is 0 Å². The third-order valence-corrected chi connectivity index (χ3v) is 4.92. The number of nitrogens with one attached hydrogen (secondary N) is 2. The van der Waals surface area contributed by atoms with Crippen molar-refractivity contribution in [3.63, 3.8) is 0 Å². The molecule has 1 aromatic heterocycles. The molecule has 3 N–H and O–H groups in total. The smallest absolute Gasteiger partial charge is 0.251 e. The summed E-state index contributed by atoms with van der Waals surface area (Å²) in [6, 6.07) is 10.6. The zero-order valence-corrected chi connectivity index (χ0v) is 14.7. The fraction of sp³-hybridized carbons (Fsp3) is 0.333. The molecule has 2 amide bonds. The van der Waals surface area contributed by atoms with Crippen molar-refractivity contribution in [1.82, 2.24) is 5.32 Å². The van der Waals surface area contributed by atoms with Crippen molar-refractivity contribution in [2.45, 2.75) is 25.7 Å². The van der Waals surface area contributed by atoms with E-state index in [9.17, 15) is 9.59 Å². The highest BCUT2D eigenvalue weighted by Gasteiger charge is 2.30. The van der Waals surface area contributed by atoms with Gasteiger partial charge in [-0.3, -0.25) is 9.59 Å². The Labute approximate surface area is 145 Å². The van der Waals surface area contributed by atoms with Crippen LogP contribution in [0.15, 0.2) is 41.8 Å². The number of thiophene rings is 1. The van der Waals surface area contributed by atoms with Gasteiger partial charge in [0.05, 0.1) is 5.41 Å². The standard InChI is InChI=1S/C18H22N2O3S/c1-18(2,15-5-3-12-24-15)17(23)20-14-8-6-13(7-9-14)16(22)19-10-4-11-21/h3,5-9,12,21H,4,10-11H2,1-2H3,(H,19,22)(H,20,23). The molecule has 2 aromatic rings. The molecule has 0 unspecified atom stereocenters. The van der Waals surface area contributed by atoms with Gasteiger partial charge >= 0.3 is 0 Å². The van der Waals surface area contributed by atoms with Gasteiger partial charge in [0, 0.05) is 29.3 Å². The van der Waals surface area contributed by atoms with Crippen LogP contribution in [0.25, 0.3) is 0 Å². The fourth-order valence-corrected chi connectivity index (χ4v) is 2.97. The lowest BCUT2D eigenvalue weighted by Gasteiger charge is -2.22. The zero-order chi connectivity index (χ0) is 17.6. The molecule has 2 rings (SSSR count). The van der Waals surface area contributed by atoms with Crippen molar-refractivity contribution >= 4 is 28.8 Å². The van der Waals surface area contributed by atoms with E-state index in [0.717, 1.165) is 4.88 Å². The average molecular weight is 346 g/mol. The van der Waals surface area contributed by atoms with Crippen molar-refractivity contribution in [2.75, 3.05) is 18.5 Å². The van der Waals surface area contributed by atoms with Crippen LogP contribution in [0.4, 0.5) is 5.69 Å². The first-order valence-electron chi connectivity index (χ1n) is 7.79. The summed E-state index contributed by atoms with van der Waals surface area (Å²) >= 11 is 1.55. The molecule has 1 heterocycles. The number of aliphatic hydroxyl groups excluding tert-OH is 1. The Morgan fingerprint density at radius 3 is 2.46 bits per heavy atom. The molecule has 0 saturated heterocycles. The van der Waals surface area contributed by atoms with E-state index in [2.05, 4.69) is 10.6 Å². The van der Waals surface area contributed by atoms with Crippen LogP contribution in [0.3, 0.4) is 0 Å². The summed E-state index contributed by atoms with van der Waals surface area (Å²) in [6.45, 7) is 4.25. The fourth-order valence-electron chi connectivity index (χ4n) is 2.12. The number of hydrogen-bond donors (Lipinski definition) is 3. The largest absolute Gasteiger partial charge is 0.396 e. The SMILES string of the molecule is CC(C)(C(=O)Nc1ccc(C(=O)NCCCO)cc1)c1cccs1. The van der Waals surface area contributed by atoms with E-state index >= 15 is 0 Å². The van der Waals surface area contributed by atoms with Crippen LogP contribution in [0.5, 0.6) is 0 Å². The number of hydrogen-bond acceptors (Lipinski definition) is 4. The quantitative estimate of drug-likeness (QED) is 0.675. The maximum Gasteiger partial charge on any atom is 0.251 e. The molecule has 0 aliphatic carbocycles. The van der Waals surface area contributed by atoms with Gasteiger partial charge in [-0.2, -0.15) is 0 Å². The summed E-state index contributed by atoms with van der Waals surface area (Å²) in [4.78, 5) is 25.4. The maximum absolute atomic E-state index is 12.5. The second-order valence-electron chi connectivity index (χ2n) is 5.97. The first-order chi connectivity index (χ1) is 11.4. The van der Waals surface area contributed by atoms with E-state index in [0.29, 0.717) is 24.2 Å². The zero-order valence-electron chi connectivity index (χ0n) is 13.8. The molecule has 24 heavy (non-hydrogen) atoms. The number of aliphatic hydroxyl groups is 1. The van der Waals surface area contributed by atoms with Gasteiger partial charge in [-0.25, -0.2) is 0 Å². The maximum atomic E-state index is 12.5. The van der Waals surface area contributed by atoms with E-state index < -0.39 is 5.41 Å². The van der Waals surface area contributed by atoms with Gasteiger partial charge in [0.2, 0.25) is 5.91 Å². The summed E-state index contributed by atoms with van der Waals surface area (Å²) in [6.07, 6.45) is 0.525. The van der Waals surface area contributed by atoms with Gasteiger partial charge < -0.3 is 15.7 Å². The van der Waals surface area contributed by atoms with E-state index in [1.165, 1.54) is 0 Å². The molecule has 5 nitrogen and oxygen atoms in total. The second kappa shape index (κ2) is 8.08. The Hall–Kier alpha value is -2.18.